The van der Waals surface area contributed by atoms with E-state index in [1.54, 1.807) is 0 Å². The van der Waals surface area contributed by atoms with Gasteiger partial charge in [0.05, 0.1) is 0 Å². The molecule has 1 aliphatic carbocycles. The van der Waals surface area contributed by atoms with Crippen molar-refractivity contribution in [1.29, 1.82) is 0 Å². The molecule has 0 unspecified atom stereocenters. The summed E-state index contributed by atoms with van der Waals surface area (Å²) in [4.78, 5) is 2.36. The number of piperidine rings is 1. The minimum atomic E-state index is 0. The third kappa shape index (κ3) is 1.04. The number of fused-ring (bicyclic) bond motifs is 1. The number of rotatable bonds is 1. The van der Waals surface area contributed by atoms with Gasteiger partial charge in [-0.25, -0.2) is 0 Å². The van der Waals surface area contributed by atoms with Gasteiger partial charge in [-0.1, -0.05) is 0 Å². The lowest BCUT2D eigenvalue weighted by molar-refractivity contribution is 0.350. The summed E-state index contributed by atoms with van der Waals surface area (Å²) in [5, 5.41) is 3.38. The van der Waals surface area contributed by atoms with E-state index < -0.39 is 0 Å². The van der Waals surface area contributed by atoms with Crippen LogP contribution in [0.3, 0.4) is 0 Å². The van der Waals surface area contributed by atoms with Crippen LogP contribution in [-0.2, 0) is 0 Å². The van der Waals surface area contributed by atoms with E-state index in [1.807, 2.05) is 0 Å². The van der Waals surface area contributed by atoms with Gasteiger partial charge < -0.3 is 10.2 Å². The van der Waals surface area contributed by atoms with Crippen LogP contribution in [0, 0.1) is 11.8 Å². The molecule has 0 aromatic rings. The molecular weight excluding hydrogens is 148 g/mol. The number of hydrogen-bond donors (Lipinski definition) is 1. The van der Waals surface area contributed by atoms with Gasteiger partial charge in [-0.3, -0.25) is 0 Å². The predicted octanol–water partition coefficient (Wildman–Crippen LogP) is 0.188. The molecule has 1 heterocycles. The Morgan fingerprint density at radius 1 is 1.20 bits per heavy atom. The van der Waals surface area contributed by atoms with Crippen molar-refractivity contribution in [3.63, 3.8) is 0 Å². The minimum Gasteiger partial charge on any atom is -0.316 e. The van der Waals surface area contributed by atoms with E-state index in [-0.39, 0.29) is 12.4 Å². The highest BCUT2D eigenvalue weighted by Gasteiger charge is 2.53. The van der Waals surface area contributed by atoms with Crippen LogP contribution in [0.25, 0.3) is 0 Å². The zero-order valence-corrected chi connectivity index (χ0v) is 7.32. The van der Waals surface area contributed by atoms with Crippen molar-refractivity contribution >= 4 is 12.4 Å². The Morgan fingerprint density at radius 3 is 2.00 bits per heavy atom. The van der Waals surface area contributed by atoms with E-state index in [0.717, 1.165) is 17.9 Å². The Labute approximate surface area is 68.4 Å². The molecule has 0 radical (unpaired) electrons. The van der Waals surface area contributed by atoms with Gasteiger partial charge >= 0.3 is 0 Å². The summed E-state index contributed by atoms with van der Waals surface area (Å²) < 4.78 is 0. The first-order chi connectivity index (χ1) is 4.30. The molecule has 2 nitrogen and oxygen atoms in total. The summed E-state index contributed by atoms with van der Waals surface area (Å²) >= 11 is 0. The molecule has 2 rings (SSSR count). The van der Waals surface area contributed by atoms with Gasteiger partial charge in [-0.15, -0.1) is 12.4 Å². The van der Waals surface area contributed by atoms with Gasteiger partial charge in [0.25, 0.3) is 0 Å². The fraction of sp³-hybridized carbons (Fsp3) is 1.00. The van der Waals surface area contributed by atoms with E-state index in [1.165, 1.54) is 13.1 Å². The van der Waals surface area contributed by atoms with Crippen LogP contribution >= 0.6 is 12.4 Å². The largest absolute Gasteiger partial charge is 0.316 e. The first kappa shape index (κ1) is 8.31. The molecule has 3 heteroatoms. The third-order valence-corrected chi connectivity index (χ3v) is 2.64. The molecule has 10 heavy (non-hydrogen) atoms. The van der Waals surface area contributed by atoms with E-state index >= 15 is 0 Å². The van der Waals surface area contributed by atoms with Crippen molar-refractivity contribution in [2.24, 2.45) is 11.8 Å². The molecule has 3 atom stereocenters. The van der Waals surface area contributed by atoms with Crippen LogP contribution < -0.4 is 5.32 Å². The van der Waals surface area contributed by atoms with Gasteiger partial charge in [0.15, 0.2) is 0 Å². The highest BCUT2D eigenvalue weighted by atomic mass is 35.5. The number of halogens is 1. The fourth-order valence-electron chi connectivity index (χ4n) is 2.15. The lowest BCUT2D eigenvalue weighted by atomic mass is 10.4. The van der Waals surface area contributed by atoms with E-state index in [0.29, 0.717) is 0 Å². The molecule has 1 saturated carbocycles. The second kappa shape index (κ2) is 2.68. The number of nitrogens with zero attached hydrogens (tertiary/aromatic N) is 1. The Balaban J connectivity index is 0.000000500. The van der Waals surface area contributed by atoms with Gasteiger partial charge in [-0.2, -0.15) is 0 Å². The molecule has 0 aromatic carbocycles. The summed E-state index contributed by atoms with van der Waals surface area (Å²) in [6.45, 7) is 2.51. The van der Waals surface area contributed by atoms with E-state index in [4.69, 9.17) is 0 Å². The van der Waals surface area contributed by atoms with Crippen molar-refractivity contribution < 1.29 is 0 Å². The normalized spacial score (nSPS) is 42.9. The Hall–Kier alpha value is 0.210. The predicted molar refractivity (Wildman–Crippen MR) is 44.6 cm³/mol. The Kier molecular flexibility index (Phi) is 2.23. The van der Waals surface area contributed by atoms with Crippen molar-refractivity contribution in [1.82, 2.24) is 10.2 Å². The third-order valence-electron chi connectivity index (χ3n) is 2.64. The SMILES string of the molecule is CN(C)[C@@H]1[C@@H]2CNC[C@@H]21.Cl. The average Bonchev–Trinajstić information content (AvgIpc) is 2.30. The molecule has 2 fully saturated rings. The summed E-state index contributed by atoms with van der Waals surface area (Å²) in [6, 6.07) is 0.909. The maximum Gasteiger partial charge on any atom is 0.0177 e. The number of nitrogens with one attached hydrogen (secondary N) is 1. The molecule has 2 aliphatic rings. The molecular formula is C7H15ClN2. The minimum absolute atomic E-state index is 0. The average molecular weight is 163 g/mol. The van der Waals surface area contributed by atoms with Gasteiger partial charge in [0, 0.05) is 6.04 Å². The van der Waals surface area contributed by atoms with Crippen LogP contribution in [0.5, 0.6) is 0 Å². The molecule has 0 amide bonds. The van der Waals surface area contributed by atoms with Crippen LogP contribution in [-0.4, -0.2) is 38.1 Å². The first-order valence-corrected chi connectivity index (χ1v) is 3.68. The van der Waals surface area contributed by atoms with Gasteiger partial charge in [-0.05, 0) is 39.0 Å². The Bertz CT molecular complexity index is 117. The summed E-state index contributed by atoms with van der Waals surface area (Å²) in [6.07, 6.45) is 0. The summed E-state index contributed by atoms with van der Waals surface area (Å²) in [5.74, 6) is 1.97. The highest BCUT2D eigenvalue weighted by Crippen LogP contribution is 2.44. The monoisotopic (exact) mass is 162 g/mol. The summed E-state index contributed by atoms with van der Waals surface area (Å²) in [5.41, 5.74) is 0. The number of hydrogen-bond acceptors (Lipinski definition) is 2. The standard InChI is InChI=1S/C7H14N2.ClH/c1-9(2)7-5-3-8-4-6(5)7;/h5-8H,3-4H2,1-2H3;1H/t5-,6+,7-;. The highest BCUT2D eigenvalue weighted by molar-refractivity contribution is 5.85. The van der Waals surface area contributed by atoms with Crippen molar-refractivity contribution in [2.45, 2.75) is 6.04 Å². The summed E-state index contributed by atoms with van der Waals surface area (Å²) in [7, 11) is 4.37. The molecule has 1 aliphatic heterocycles. The second-order valence-electron chi connectivity index (χ2n) is 3.44. The fourth-order valence-corrected chi connectivity index (χ4v) is 2.15. The van der Waals surface area contributed by atoms with E-state index in [2.05, 4.69) is 24.3 Å². The van der Waals surface area contributed by atoms with Gasteiger partial charge in [0.1, 0.15) is 0 Å². The molecule has 0 spiro atoms. The Morgan fingerprint density at radius 2 is 1.70 bits per heavy atom. The maximum atomic E-state index is 3.38. The first-order valence-electron chi connectivity index (χ1n) is 3.68. The van der Waals surface area contributed by atoms with Crippen molar-refractivity contribution in [3.8, 4) is 0 Å². The molecule has 1 saturated heterocycles. The van der Waals surface area contributed by atoms with Crippen LogP contribution in [0.4, 0.5) is 0 Å². The van der Waals surface area contributed by atoms with Crippen molar-refractivity contribution in [2.75, 3.05) is 27.2 Å². The van der Waals surface area contributed by atoms with Crippen LogP contribution in [0.2, 0.25) is 0 Å². The van der Waals surface area contributed by atoms with Crippen LogP contribution in [0.15, 0.2) is 0 Å². The molecule has 0 bridgehead atoms. The van der Waals surface area contributed by atoms with E-state index in [9.17, 15) is 0 Å². The zero-order valence-electron chi connectivity index (χ0n) is 6.50. The van der Waals surface area contributed by atoms with Crippen molar-refractivity contribution in [3.05, 3.63) is 0 Å². The zero-order chi connectivity index (χ0) is 6.43. The smallest absolute Gasteiger partial charge is 0.0177 e. The topological polar surface area (TPSA) is 15.3 Å². The van der Waals surface area contributed by atoms with Gasteiger partial charge in [0.2, 0.25) is 0 Å². The lowest BCUT2D eigenvalue weighted by Gasteiger charge is -2.11. The maximum absolute atomic E-state index is 3.38. The van der Waals surface area contributed by atoms with Crippen LogP contribution in [0.1, 0.15) is 0 Å². The quantitative estimate of drug-likeness (QED) is 0.592. The molecule has 0 aromatic heterocycles. The second-order valence-corrected chi connectivity index (χ2v) is 3.44. The lowest BCUT2D eigenvalue weighted by Crippen LogP contribution is -2.26. The molecule has 1 N–H and O–H groups in total. The molecule has 60 valence electrons.